The molecule has 2 aromatic rings. The molecule has 0 heterocycles. The highest BCUT2D eigenvalue weighted by molar-refractivity contribution is 5.37. The number of nitrogens with two attached hydrogens (primary N) is 1. The van der Waals surface area contributed by atoms with Gasteiger partial charge in [0.2, 0.25) is 0 Å². The van der Waals surface area contributed by atoms with Crippen LogP contribution in [0.15, 0.2) is 48.5 Å². The third-order valence-electron chi connectivity index (χ3n) is 4.85. The maximum absolute atomic E-state index is 6.19. The third kappa shape index (κ3) is 2.74. The fraction of sp³-hybridized carbons (Fsp3) is 0.368. The Kier molecular flexibility index (Phi) is 3.83. The van der Waals surface area contributed by atoms with Gasteiger partial charge in [-0.25, -0.2) is 0 Å². The van der Waals surface area contributed by atoms with Crippen LogP contribution in [0.4, 0.5) is 0 Å². The first kappa shape index (κ1) is 14.3. The van der Waals surface area contributed by atoms with E-state index in [0.29, 0.717) is 6.54 Å². The first-order valence-corrected chi connectivity index (χ1v) is 7.67. The molecule has 0 atom stereocenters. The molecule has 21 heavy (non-hydrogen) atoms. The minimum atomic E-state index is 0.0629. The van der Waals surface area contributed by atoms with Gasteiger partial charge in [-0.15, -0.1) is 0 Å². The molecule has 3 rings (SSSR count). The average molecular weight is 280 g/mol. The van der Waals surface area contributed by atoms with E-state index < -0.39 is 0 Å². The van der Waals surface area contributed by atoms with E-state index >= 15 is 0 Å². The monoisotopic (exact) mass is 280 g/mol. The Bertz CT molecular complexity index is 608. The highest BCUT2D eigenvalue weighted by Crippen LogP contribution is 2.34. The van der Waals surface area contributed by atoms with Crippen molar-refractivity contribution in [3.8, 4) is 0 Å². The van der Waals surface area contributed by atoms with Gasteiger partial charge < -0.3 is 5.73 Å². The lowest BCUT2D eigenvalue weighted by Gasteiger charge is -2.38. The summed E-state index contributed by atoms with van der Waals surface area (Å²) in [6.07, 6.45) is 2.12. The first-order valence-electron chi connectivity index (χ1n) is 7.67. The molecule has 0 amide bonds. The van der Waals surface area contributed by atoms with Crippen LogP contribution in [0.5, 0.6) is 0 Å². The highest BCUT2D eigenvalue weighted by atomic mass is 15.2. The van der Waals surface area contributed by atoms with Gasteiger partial charge in [-0.2, -0.15) is 0 Å². The van der Waals surface area contributed by atoms with Gasteiger partial charge in [0.25, 0.3) is 0 Å². The van der Waals surface area contributed by atoms with E-state index in [4.69, 9.17) is 5.73 Å². The normalized spacial score (nSPS) is 16.2. The summed E-state index contributed by atoms with van der Waals surface area (Å²) in [5.41, 5.74) is 11.8. The molecule has 0 spiro atoms. The summed E-state index contributed by atoms with van der Waals surface area (Å²) in [4.78, 5) is 2.45. The van der Waals surface area contributed by atoms with Gasteiger partial charge in [-0.1, -0.05) is 54.1 Å². The first-order chi connectivity index (χ1) is 10.1. The van der Waals surface area contributed by atoms with Crippen LogP contribution in [0.25, 0.3) is 0 Å². The molecule has 1 aliphatic carbocycles. The molecule has 0 radical (unpaired) electrons. The number of hydrogen-bond donors (Lipinski definition) is 1. The van der Waals surface area contributed by atoms with Crippen LogP contribution in [0.3, 0.4) is 0 Å². The predicted molar refractivity (Wildman–Crippen MR) is 88.3 cm³/mol. The average Bonchev–Trinajstić information content (AvgIpc) is 2.87. The van der Waals surface area contributed by atoms with Gasteiger partial charge in [0.15, 0.2) is 0 Å². The summed E-state index contributed by atoms with van der Waals surface area (Å²) in [5, 5.41) is 0. The van der Waals surface area contributed by atoms with E-state index in [1.54, 1.807) is 0 Å². The molecule has 2 N–H and O–H groups in total. The number of aryl methyl sites for hydroxylation is 1. The fourth-order valence-electron chi connectivity index (χ4n) is 3.50. The molecule has 0 aromatic heterocycles. The number of likely N-dealkylation sites (N-methyl/N-ethyl adjacent to an activating group) is 1. The summed E-state index contributed by atoms with van der Waals surface area (Å²) < 4.78 is 0. The van der Waals surface area contributed by atoms with E-state index in [-0.39, 0.29) is 5.54 Å². The molecule has 110 valence electrons. The smallest absolute Gasteiger partial charge is 0.0412 e. The predicted octanol–water partition coefficient (Wildman–Crippen LogP) is 2.92. The highest BCUT2D eigenvalue weighted by Gasteiger charge is 2.39. The fourth-order valence-corrected chi connectivity index (χ4v) is 3.50. The molecule has 2 heteroatoms. The van der Waals surface area contributed by atoms with Crippen molar-refractivity contribution < 1.29 is 0 Å². The van der Waals surface area contributed by atoms with Gasteiger partial charge in [-0.05, 0) is 43.5 Å². The van der Waals surface area contributed by atoms with Gasteiger partial charge in [0.1, 0.15) is 0 Å². The van der Waals surface area contributed by atoms with Crippen molar-refractivity contribution in [1.29, 1.82) is 0 Å². The second kappa shape index (κ2) is 5.63. The van der Waals surface area contributed by atoms with E-state index in [9.17, 15) is 0 Å². The van der Waals surface area contributed by atoms with Crippen LogP contribution in [0.1, 0.15) is 22.3 Å². The zero-order valence-corrected chi connectivity index (χ0v) is 13.0. The Balaban J connectivity index is 1.81. The molecule has 2 nitrogen and oxygen atoms in total. The Morgan fingerprint density at radius 1 is 1.05 bits per heavy atom. The van der Waals surface area contributed by atoms with Gasteiger partial charge >= 0.3 is 0 Å². The third-order valence-corrected chi connectivity index (χ3v) is 4.85. The minimum Gasteiger partial charge on any atom is -0.329 e. The number of hydrogen-bond acceptors (Lipinski definition) is 2. The van der Waals surface area contributed by atoms with Crippen LogP contribution < -0.4 is 5.73 Å². The largest absolute Gasteiger partial charge is 0.329 e. The molecule has 0 saturated heterocycles. The molecule has 0 unspecified atom stereocenters. The minimum absolute atomic E-state index is 0.0629. The molecular weight excluding hydrogens is 256 g/mol. The van der Waals surface area contributed by atoms with Crippen molar-refractivity contribution >= 4 is 0 Å². The van der Waals surface area contributed by atoms with Gasteiger partial charge in [-0.3, -0.25) is 4.90 Å². The summed E-state index contributed by atoms with van der Waals surface area (Å²) in [7, 11) is 2.21. The number of benzene rings is 2. The van der Waals surface area contributed by atoms with Crippen molar-refractivity contribution in [2.24, 2.45) is 5.73 Å². The topological polar surface area (TPSA) is 29.3 Å². The molecule has 0 fully saturated rings. The van der Waals surface area contributed by atoms with Crippen molar-refractivity contribution in [3.05, 3.63) is 70.8 Å². The van der Waals surface area contributed by atoms with Crippen molar-refractivity contribution in [2.45, 2.75) is 31.8 Å². The Labute approximate surface area is 127 Å². The van der Waals surface area contributed by atoms with Crippen LogP contribution in [0, 0.1) is 6.92 Å². The van der Waals surface area contributed by atoms with Crippen molar-refractivity contribution in [2.75, 3.05) is 13.6 Å². The van der Waals surface area contributed by atoms with Crippen LogP contribution in [-0.4, -0.2) is 24.0 Å². The lowest BCUT2D eigenvalue weighted by atomic mass is 9.93. The molecule has 2 aromatic carbocycles. The summed E-state index contributed by atoms with van der Waals surface area (Å²) in [6, 6.07) is 17.5. The molecule has 0 aliphatic heterocycles. The zero-order valence-electron chi connectivity index (χ0n) is 13.0. The lowest BCUT2D eigenvalue weighted by Crippen LogP contribution is -2.52. The van der Waals surface area contributed by atoms with Crippen LogP contribution >= 0.6 is 0 Å². The SMILES string of the molecule is Cc1cccc(CN(C)C2(CN)Cc3ccccc3C2)c1. The second-order valence-corrected chi connectivity index (χ2v) is 6.40. The quantitative estimate of drug-likeness (QED) is 0.933. The Hall–Kier alpha value is -1.64. The van der Waals surface area contributed by atoms with E-state index in [1.807, 2.05) is 0 Å². The maximum Gasteiger partial charge on any atom is 0.0412 e. The van der Waals surface area contributed by atoms with E-state index in [0.717, 1.165) is 19.4 Å². The van der Waals surface area contributed by atoms with Gasteiger partial charge in [0.05, 0.1) is 0 Å². The lowest BCUT2D eigenvalue weighted by molar-refractivity contribution is 0.127. The zero-order chi connectivity index (χ0) is 14.9. The molecular formula is C19H24N2. The number of rotatable bonds is 4. The Morgan fingerprint density at radius 3 is 2.29 bits per heavy atom. The molecule has 0 saturated carbocycles. The standard InChI is InChI=1S/C19H24N2/c1-15-6-5-7-16(10-15)13-21(2)19(14-20)11-17-8-3-4-9-18(17)12-19/h3-10H,11-14,20H2,1-2H3. The maximum atomic E-state index is 6.19. The number of fused-ring (bicyclic) bond motifs is 1. The van der Waals surface area contributed by atoms with E-state index in [1.165, 1.54) is 22.3 Å². The summed E-state index contributed by atoms with van der Waals surface area (Å²) >= 11 is 0. The van der Waals surface area contributed by atoms with Gasteiger partial charge in [0, 0.05) is 18.6 Å². The molecule has 1 aliphatic rings. The second-order valence-electron chi connectivity index (χ2n) is 6.40. The van der Waals surface area contributed by atoms with Crippen LogP contribution in [0.2, 0.25) is 0 Å². The molecule has 0 bridgehead atoms. The Morgan fingerprint density at radius 2 is 1.71 bits per heavy atom. The van der Waals surface area contributed by atoms with Crippen molar-refractivity contribution in [3.63, 3.8) is 0 Å². The number of nitrogens with zero attached hydrogens (tertiary/aromatic N) is 1. The van der Waals surface area contributed by atoms with Crippen molar-refractivity contribution in [1.82, 2.24) is 4.90 Å². The van der Waals surface area contributed by atoms with E-state index in [2.05, 4.69) is 67.4 Å². The summed E-state index contributed by atoms with van der Waals surface area (Å²) in [6.45, 7) is 3.80. The van der Waals surface area contributed by atoms with Crippen LogP contribution in [-0.2, 0) is 19.4 Å². The summed E-state index contributed by atoms with van der Waals surface area (Å²) in [5.74, 6) is 0.